The Bertz CT molecular complexity index is 1780. The fourth-order valence-corrected chi connectivity index (χ4v) is 13.9. The van der Waals surface area contributed by atoms with E-state index < -0.39 is 140 Å². The van der Waals surface area contributed by atoms with Gasteiger partial charge in [-0.1, -0.05) is 52.3 Å². The molecule has 3 heterocycles. The standard InChI is InChI=1S/C47H76O19/c1-43(2)10-11-47(20-51)25(13-43)23-7-6-22-24(46(23,5)15-30(47)52)14-44(3,19-50)29-12-21(8-9-45(22,29)4)62-41-38(60)35(57)39(66-42-37(59)34(56)32(54)27(17-49)64-42)28(65-41)18-61-40-36(58)33(55)31(53)26(16-48)63-40/h6-7,21-22,24,26-42,48-60H,8-20H2,1-5H3. The molecule has 8 rings (SSSR count). The summed E-state index contributed by atoms with van der Waals surface area (Å²) in [7, 11) is 0. The minimum atomic E-state index is -1.89. The maximum atomic E-state index is 12.0. The highest BCUT2D eigenvalue weighted by Gasteiger charge is 2.66. The molecule has 66 heavy (non-hydrogen) atoms. The third-order valence-corrected chi connectivity index (χ3v) is 18.0. The fourth-order valence-electron chi connectivity index (χ4n) is 13.9. The lowest BCUT2D eigenvalue weighted by molar-refractivity contribution is -0.371. The Morgan fingerprint density at radius 2 is 1.23 bits per heavy atom. The molecule has 0 bridgehead atoms. The van der Waals surface area contributed by atoms with Crippen molar-refractivity contribution < 1.29 is 94.8 Å². The summed E-state index contributed by atoms with van der Waals surface area (Å²) in [5, 5.41) is 140. The zero-order chi connectivity index (χ0) is 48.1. The molecule has 0 aromatic rings. The van der Waals surface area contributed by atoms with Crippen LogP contribution in [0, 0.1) is 44.8 Å². The summed E-state index contributed by atoms with van der Waals surface area (Å²) in [5.74, 6) is 0.0841. The Morgan fingerprint density at radius 3 is 1.85 bits per heavy atom. The van der Waals surface area contributed by atoms with Crippen molar-refractivity contribution in [2.45, 2.75) is 190 Å². The maximum absolute atomic E-state index is 12.0. The van der Waals surface area contributed by atoms with Gasteiger partial charge in [-0.05, 0) is 96.4 Å². The first-order chi connectivity index (χ1) is 31.0. The number of hydrogen-bond donors (Lipinski definition) is 13. The smallest absolute Gasteiger partial charge is 0.187 e. The first-order valence-corrected chi connectivity index (χ1v) is 23.9. The topological polar surface area (TPSA) is 318 Å². The normalized spacial score (nSPS) is 53.7. The Labute approximate surface area is 385 Å². The molecule has 0 amide bonds. The van der Waals surface area contributed by atoms with Crippen LogP contribution in [-0.2, 0) is 28.4 Å². The summed E-state index contributed by atoms with van der Waals surface area (Å²) in [6, 6.07) is 0. The molecule has 13 N–H and O–H groups in total. The maximum Gasteiger partial charge on any atom is 0.187 e. The summed E-state index contributed by atoms with van der Waals surface area (Å²) < 4.78 is 35.6. The van der Waals surface area contributed by atoms with Crippen molar-refractivity contribution in [1.29, 1.82) is 0 Å². The zero-order valence-electron chi connectivity index (χ0n) is 38.7. The van der Waals surface area contributed by atoms with E-state index in [2.05, 4.69) is 46.8 Å². The van der Waals surface area contributed by atoms with Gasteiger partial charge in [-0.3, -0.25) is 0 Å². The van der Waals surface area contributed by atoms with E-state index in [0.717, 1.165) is 19.3 Å². The fraction of sp³-hybridized carbons (Fsp3) is 0.915. The predicted octanol–water partition coefficient (Wildman–Crippen LogP) is -1.91. The molecule has 24 unspecified atom stereocenters. The van der Waals surface area contributed by atoms with Gasteiger partial charge in [-0.15, -0.1) is 0 Å². The largest absolute Gasteiger partial charge is 0.396 e. The van der Waals surface area contributed by atoms with E-state index in [1.807, 2.05) is 0 Å². The van der Waals surface area contributed by atoms with Crippen LogP contribution in [0.15, 0.2) is 23.3 Å². The Morgan fingerprint density at radius 1 is 0.636 bits per heavy atom. The molecule has 3 saturated heterocycles. The number of aliphatic hydroxyl groups excluding tert-OH is 13. The predicted molar refractivity (Wildman–Crippen MR) is 228 cm³/mol. The number of aliphatic hydroxyl groups is 13. The van der Waals surface area contributed by atoms with Crippen molar-refractivity contribution in [3.63, 3.8) is 0 Å². The summed E-state index contributed by atoms with van der Waals surface area (Å²) in [5.41, 5.74) is 0.406. The lowest BCUT2D eigenvalue weighted by Gasteiger charge is -2.67. The molecule has 5 aliphatic carbocycles. The second kappa shape index (κ2) is 18.7. The van der Waals surface area contributed by atoms with Gasteiger partial charge in [0.2, 0.25) is 0 Å². The van der Waals surface area contributed by atoms with Crippen molar-refractivity contribution in [2.24, 2.45) is 44.8 Å². The van der Waals surface area contributed by atoms with Crippen molar-refractivity contribution in [1.82, 2.24) is 0 Å². The molecule has 19 nitrogen and oxygen atoms in total. The minimum absolute atomic E-state index is 0.0204. The molecular weight excluding hydrogens is 868 g/mol. The van der Waals surface area contributed by atoms with Crippen LogP contribution in [0.3, 0.4) is 0 Å². The van der Waals surface area contributed by atoms with Gasteiger partial charge in [-0.25, -0.2) is 0 Å². The van der Waals surface area contributed by atoms with Gasteiger partial charge in [0, 0.05) is 12.0 Å². The van der Waals surface area contributed by atoms with Gasteiger partial charge in [0.15, 0.2) is 18.9 Å². The van der Waals surface area contributed by atoms with Crippen LogP contribution in [0.25, 0.3) is 0 Å². The molecule has 6 fully saturated rings. The van der Waals surface area contributed by atoms with E-state index in [9.17, 15) is 66.4 Å². The lowest BCUT2D eigenvalue weighted by atomic mass is 9.38. The molecule has 0 radical (unpaired) electrons. The van der Waals surface area contributed by atoms with Crippen molar-refractivity contribution >= 4 is 0 Å². The van der Waals surface area contributed by atoms with E-state index in [-0.39, 0.29) is 41.8 Å². The summed E-state index contributed by atoms with van der Waals surface area (Å²) >= 11 is 0. The van der Waals surface area contributed by atoms with Crippen LogP contribution in [0.1, 0.15) is 86.0 Å². The van der Waals surface area contributed by atoms with Gasteiger partial charge >= 0.3 is 0 Å². The third-order valence-electron chi connectivity index (χ3n) is 18.0. The molecule has 0 spiro atoms. The van der Waals surface area contributed by atoms with E-state index in [1.54, 1.807) is 0 Å². The van der Waals surface area contributed by atoms with Crippen molar-refractivity contribution in [3.05, 3.63) is 23.3 Å². The molecule has 378 valence electrons. The van der Waals surface area contributed by atoms with E-state index in [0.29, 0.717) is 32.1 Å². The molecule has 0 aromatic heterocycles. The van der Waals surface area contributed by atoms with Crippen LogP contribution in [0.5, 0.6) is 0 Å². The van der Waals surface area contributed by atoms with Crippen LogP contribution >= 0.6 is 0 Å². The Kier molecular flexibility index (Phi) is 14.5. The monoisotopic (exact) mass is 944 g/mol. The van der Waals surface area contributed by atoms with Crippen molar-refractivity contribution in [2.75, 3.05) is 33.0 Å². The van der Waals surface area contributed by atoms with Gasteiger partial charge in [0.05, 0.1) is 38.6 Å². The number of hydrogen-bond acceptors (Lipinski definition) is 19. The van der Waals surface area contributed by atoms with Gasteiger partial charge in [-0.2, -0.15) is 0 Å². The number of ether oxygens (including phenoxy) is 6. The molecule has 8 aliphatic rings. The van der Waals surface area contributed by atoms with Gasteiger partial charge in [0.1, 0.15) is 73.2 Å². The van der Waals surface area contributed by atoms with Gasteiger partial charge in [0.25, 0.3) is 0 Å². The molecule has 19 heteroatoms. The molecule has 3 saturated carbocycles. The Hall–Kier alpha value is -1.28. The first kappa shape index (κ1) is 51.1. The Balaban J connectivity index is 1.04. The summed E-state index contributed by atoms with van der Waals surface area (Å²) in [4.78, 5) is 0. The molecule has 3 aliphatic heterocycles. The summed E-state index contributed by atoms with van der Waals surface area (Å²) in [6.07, 6.45) is -16.3. The van der Waals surface area contributed by atoms with Crippen molar-refractivity contribution in [3.8, 4) is 0 Å². The average Bonchev–Trinajstić information content (AvgIpc) is 3.28. The van der Waals surface area contributed by atoms with Crippen LogP contribution in [0.4, 0.5) is 0 Å². The van der Waals surface area contributed by atoms with Crippen LogP contribution in [0.2, 0.25) is 0 Å². The summed E-state index contributed by atoms with van der Waals surface area (Å²) in [6.45, 7) is 8.83. The quantitative estimate of drug-likeness (QED) is 0.101. The molecular formula is C47H76O19. The third kappa shape index (κ3) is 8.39. The van der Waals surface area contributed by atoms with Crippen LogP contribution < -0.4 is 0 Å². The highest BCUT2D eigenvalue weighted by atomic mass is 16.8. The highest BCUT2D eigenvalue weighted by molar-refractivity contribution is 5.45. The second-order valence-corrected chi connectivity index (χ2v) is 22.6. The van der Waals surface area contributed by atoms with E-state index in [1.165, 1.54) is 11.1 Å². The van der Waals surface area contributed by atoms with Crippen LogP contribution in [-0.4, -0.2) is 204 Å². The second-order valence-electron chi connectivity index (χ2n) is 22.6. The SMILES string of the molecule is CC1(C)CCC2(CO)C(=C3C=CC4C(CC(C)(CO)C5CC(OC6OC(COC7OC(CO)C(O)C(O)C7O)C(OC7OC(CO)C(O)C(O)C7O)C(O)C6O)CCC45C)C3(C)CC2O)C1. The first-order valence-electron chi connectivity index (χ1n) is 23.9. The van der Waals surface area contributed by atoms with E-state index >= 15 is 0 Å². The van der Waals surface area contributed by atoms with Gasteiger partial charge < -0.3 is 94.8 Å². The molecule has 24 atom stereocenters. The van der Waals surface area contributed by atoms with E-state index in [4.69, 9.17) is 28.4 Å². The number of fused-ring (bicyclic) bond motifs is 6. The average molecular weight is 945 g/mol. The number of rotatable bonds is 11. The minimum Gasteiger partial charge on any atom is -0.396 e. The molecule has 0 aromatic carbocycles. The lowest BCUT2D eigenvalue weighted by Crippen LogP contribution is -2.66. The highest BCUT2D eigenvalue weighted by Crippen LogP contribution is 2.71. The number of allylic oxidation sites excluding steroid dienone is 3. The zero-order valence-corrected chi connectivity index (χ0v) is 38.7.